The molecule has 0 aliphatic heterocycles. The highest BCUT2D eigenvalue weighted by atomic mass is 31.2. The van der Waals surface area contributed by atoms with Crippen LogP contribution in [0.3, 0.4) is 0 Å². The topological polar surface area (TPSA) is 111 Å². The van der Waals surface area contributed by atoms with Gasteiger partial charge in [-0.1, -0.05) is 144 Å². The number of quaternary nitrogens is 1. The standard InChI is InChI=1S/C48H82NO8P/c1-6-8-10-12-14-16-18-19-20-21-22-23-24-25-26-27-28-29-31-33-35-37-39-41-48(51)57-46(45-56-58(52,53)55-43-42-49(3,4)5)44-54-47(50)40-38-36-34-32-30-17-15-13-11-9-7-2/h8,10,13-16,19-20,22-23,25-26,28-29,46H,6-7,9,11-12,17-18,21,24,27,30-45H2,1-5H3/b10-8-,15-13-,16-14-,20-19-,23-22-,26-25-,29-28-. The molecule has 0 saturated carbocycles. The summed E-state index contributed by atoms with van der Waals surface area (Å²) in [4.78, 5) is 37.5. The number of carbonyl (C=O) groups is 2. The summed E-state index contributed by atoms with van der Waals surface area (Å²) in [6, 6.07) is 0. The number of rotatable bonds is 39. The van der Waals surface area contributed by atoms with Crippen molar-refractivity contribution in [3.63, 3.8) is 0 Å². The molecular weight excluding hydrogens is 750 g/mol. The number of hydrogen-bond acceptors (Lipinski definition) is 8. The maximum atomic E-state index is 12.7. The van der Waals surface area contributed by atoms with Crippen LogP contribution in [0.1, 0.15) is 155 Å². The maximum Gasteiger partial charge on any atom is 0.306 e. The molecule has 9 nitrogen and oxygen atoms in total. The summed E-state index contributed by atoms with van der Waals surface area (Å²) in [7, 11) is 1.13. The molecule has 0 aromatic rings. The normalized spacial score (nSPS) is 14.4. The van der Waals surface area contributed by atoms with E-state index in [-0.39, 0.29) is 26.1 Å². The first-order valence-electron chi connectivity index (χ1n) is 22.3. The molecule has 0 bridgehead atoms. The lowest BCUT2D eigenvalue weighted by Gasteiger charge is -2.28. The molecule has 0 fully saturated rings. The second kappa shape index (κ2) is 39.6. The summed E-state index contributed by atoms with van der Waals surface area (Å²) < 4.78 is 33.8. The van der Waals surface area contributed by atoms with Crippen LogP contribution in [0.5, 0.6) is 0 Å². The molecule has 0 N–H and O–H groups in total. The number of phosphoric acid groups is 1. The first-order chi connectivity index (χ1) is 28.0. The minimum absolute atomic E-state index is 0.0422. The summed E-state index contributed by atoms with van der Waals surface area (Å²) in [6.07, 6.45) is 50.4. The Hall–Kier alpha value is -2.81. The van der Waals surface area contributed by atoms with Crippen LogP contribution in [0.2, 0.25) is 0 Å². The van der Waals surface area contributed by atoms with Crippen molar-refractivity contribution < 1.29 is 42.1 Å². The number of esters is 2. The van der Waals surface area contributed by atoms with E-state index in [1.165, 1.54) is 12.8 Å². The molecule has 0 aromatic carbocycles. The molecule has 2 unspecified atom stereocenters. The monoisotopic (exact) mass is 832 g/mol. The first kappa shape index (κ1) is 55.2. The molecule has 0 aliphatic carbocycles. The number of nitrogens with zero attached hydrogens (tertiary/aromatic N) is 1. The molecule has 0 spiro atoms. The second-order valence-electron chi connectivity index (χ2n) is 15.7. The summed E-state index contributed by atoms with van der Waals surface area (Å²) in [5.41, 5.74) is 0. The van der Waals surface area contributed by atoms with Gasteiger partial charge in [0, 0.05) is 12.8 Å². The van der Waals surface area contributed by atoms with Crippen molar-refractivity contribution in [3.05, 3.63) is 85.1 Å². The zero-order chi connectivity index (χ0) is 42.8. The van der Waals surface area contributed by atoms with E-state index in [1.807, 2.05) is 21.1 Å². The molecule has 0 heterocycles. The number of allylic oxidation sites excluding steroid dienone is 14. The Morgan fingerprint density at radius 3 is 1.48 bits per heavy atom. The summed E-state index contributed by atoms with van der Waals surface area (Å²) in [6.45, 7) is 4.00. The fraction of sp³-hybridized carbons (Fsp3) is 0.667. The van der Waals surface area contributed by atoms with Gasteiger partial charge in [-0.3, -0.25) is 14.2 Å². The van der Waals surface area contributed by atoms with E-state index >= 15 is 0 Å². The van der Waals surface area contributed by atoms with E-state index in [0.29, 0.717) is 23.9 Å². The third-order valence-corrected chi connectivity index (χ3v) is 9.86. The van der Waals surface area contributed by atoms with E-state index in [1.54, 1.807) is 0 Å². The van der Waals surface area contributed by atoms with Crippen LogP contribution in [0, 0.1) is 0 Å². The van der Waals surface area contributed by atoms with Gasteiger partial charge in [0.2, 0.25) is 0 Å². The Morgan fingerprint density at radius 2 is 0.983 bits per heavy atom. The van der Waals surface area contributed by atoms with E-state index < -0.39 is 32.5 Å². The van der Waals surface area contributed by atoms with Crippen molar-refractivity contribution in [2.45, 2.75) is 161 Å². The highest BCUT2D eigenvalue weighted by Gasteiger charge is 2.21. The lowest BCUT2D eigenvalue weighted by atomic mass is 10.1. The van der Waals surface area contributed by atoms with E-state index in [2.05, 4.69) is 98.9 Å². The molecule has 10 heteroatoms. The van der Waals surface area contributed by atoms with Crippen molar-refractivity contribution in [1.82, 2.24) is 0 Å². The minimum atomic E-state index is -4.64. The Labute approximate surface area is 354 Å². The molecule has 58 heavy (non-hydrogen) atoms. The Morgan fingerprint density at radius 1 is 0.552 bits per heavy atom. The maximum absolute atomic E-state index is 12.7. The van der Waals surface area contributed by atoms with Crippen LogP contribution in [-0.4, -0.2) is 70.0 Å². The molecule has 332 valence electrons. The first-order valence-corrected chi connectivity index (χ1v) is 23.8. The zero-order valence-corrected chi connectivity index (χ0v) is 38.1. The molecule has 0 rings (SSSR count). The van der Waals surface area contributed by atoms with Gasteiger partial charge in [-0.25, -0.2) is 0 Å². The average molecular weight is 832 g/mol. The summed E-state index contributed by atoms with van der Waals surface area (Å²) >= 11 is 0. The summed E-state index contributed by atoms with van der Waals surface area (Å²) in [5.74, 6) is -0.884. The number of likely N-dealkylation sites (N-methyl/N-ethyl adjacent to an activating group) is 1. The highest BCUT2D eigenvalue weighted by Crippen LogP contribution is 2.38. The average Bonchev–Trinajstić information content (AvgIpc) is 3.17. The van der Waals surface area contributed by atoms with E-state index in [0.717, 1.165) is 103 Å². The van der Waals surface area contributed by atoms with Crippen molar-refractivity contribution in [3.8, 4) is 0 Å². The van der Waals surface area contributed by atoms with Crippen LogP contribution < -0.4 is 4.89 Å². The Bertz CT molecular complexity index is 1260. The van der Waals surface area contributed by atoms with Gasteiger partial charge in [-0.05, 0) is 83.5 Å². The van der Waals surface area contributed by atoms with Crippen molar-refractivity contribution in [2.24, 2.45) is 0 Å². The number of unbranched alkanes of at least 4 members (excludes halogenated alkanes) is 11. The summed E-state index contributed by atoms with van der Waals surface area (Å²) in [5, 5.41) is 0. The van der Waals surface area contributed by atoms with Crippen molar-refractivity contribution >= 4 is 19.8 Å². The van der Waals surface area contributed by atoms with Crippen molar-refractivity contribution in [1.29, 1.82) is 0 Å². The van der Waals surface area contributed by atoms with Crippen molar-refractivity contribution in [2.75, 3.05) is 47.5 Å². The van der Waals surface area contributed by atoms with E-state index in [4.69, 9.17) is 18.5 Å². The van der Waals surface area contributed by atoms with Gasteiger partial charge < -0.3 is 27.9 Å². The second-order valence-corrected chi connectivity index (χ2v) is 17.1. The predicted octanol–water partition coefficient (Wildman–Crippen LogP) is 12.2. The minimum Gasteiger partial charge on any atom is -0.756 e. The Balaban J connectivity index is 4.39. The van der Waals surface area contributed by atoms with Crippen LogP contribution in [-0.2, 0) is 32.7 Å². The van der Waals surface area contributed by atoms with Crippen LogP contribution >= 0.6 is 7.82 Å². The Kier molecular flexibility index (Phi) is 37.7. The zero-order valence-electron chi connectivity index (χ0n) is 37.2. The van der Waals surface area contributed by atoms with Gasteiger partial charge in [0.15, 0.2) is 6.10 Å². The third-order valence-electron chi connectivity index (χ3n) is 8.90. The molecule has 0 aliphatic rings. The molecule has 0 aromatic heterocycles. The van der Waals surface area contributed by atoms with Crippen LogP contribution in [0.15, 0.2) is 85.1 Å². The van der Waals surface area contributed by atoms with Gasteiger partial charge >= 0.3 is 11.9 Å². The smallest absolute Gasteiger partial charge is 0.306 e. The third kappa shape index (κ3) is 42.8. The van der Waals surface area contributed by atoms with Gasteiger partial charge in [0.05, 0.1) is 27.7 Å². The van der Waals surface area contributed by atoms with Crippen LogP contribution in [0.4, 0.5) is 0 Å². The number of phosphoric ester groups is 1. The lowest BCUT2D eigenvalue weighted by molar-refractivity contribution is -0.870. The van der Waals surface area contributed by atoms with Gasteiger partial charge in [0.1, 0.15) is 19.8 Å². The van der Waals surface area contributed by atoms with Crippen LogP contribution in [0.25, 0.3) is 0 Å². The highest BCUT2D eigenvalue weighted by molar-refractivity contribution is 7.45. The SMILES string of the molecule is CC/C=C\C/C=C\C/C=C\C/C=C\C/C=C\C/C=C\CCCCCCC(=O)OC(COC(=O)CCCCCCC/C=C\CCCC)COP(=O)([O-])OCC[N+](C)(C)C. The number of carbonyl (C=O) groups excluding carboxylic acids is 2. The molecule has 0 radical (unpaired) electrons. The molecule has 0 saturated heterocycles. The quantitative estimate of drug-likeness (QED) is 0.0198. The molecular formula is C48H82NO8P. The van der Waals surface area contributed by atoms with Gasteiger partial charge in [0.25, 0.3) is 7.82 Å². The fourth-order valence-electron chi connectivity index (χ4n) is 5.40. The number of ether oxygens (including phenoxy) is 2. The van der Waals surface area contributed by atoms with Gasteiger partial charge in [-0.15, -0.1) is 0 Å². The lowest BCUT2D eigenvalue weighted by Crippen LogP contribution is -2.37. The molecule has 2 atom stereocenters. The van der Waals surface area contributed by atoms with E-state index in [9.17, 15) is 19.0 Å². The predicted molar refractivity (Wildman–Crippen MR) is 240 cm³/mol. The number of hydrogen-bond donors (Lipinski definition) is 0. The fourth-order valence-corrected chi connectivity index (χ4v) is 6.13. The largest absolute Gasteiger partial charge is 0.756 e. The van der Waals surface area contributed by atoms with Gasteiger partial charge in [-0.2, -0.15) is 0 Å². The molecule has 0 amide bonds.